The SMILES string of the molecule is C[C@@H](CC(=O)[C@H]1CCCN1c1nc2c(=O)n(CC3CCOCC3)c(C(F)F)nc2s1)c1ccccc1. The van der Waals surface area contributed by atoms with E-state index in [-0.39, 0.29) is 40.6 Å². The Morgan fingerprint density at radius 3 is 2.64 bits per heavy atom. The maximum absolute atomic E-state index is 13.9. The maximum Gasteiger partial charge on any atom is 0.295 e. The molecule has 2 aliphatic rings. The molecule has 10 heteroatoms. The lowest BCUT2D eigenvalue weighted by atomic mass is 9.93. The van der Waals surface area contributed by atoms with Crippen molar-refractivity contribution in [3.05, 3.63) is 52.1 Å². The van der Waals surface area contributed by atoms with Gasteiger partial charge < -0.3 is 9.64 Å². The lowest BCUT2D eigenvalue weighted by molar-refractivity contribution is -0.120. The molecule has 1 aromatic carbocycles. The molecule has 0 spiro atoms. The standard InChI is InChI=1S/C26H30F2N4O3S/c1-16(18-6-3-2-4-7-18)14-20(33)19-8-5-11-31(19)26-29-21-24(36-26)30-23(22(27)28)32(25(21)34)15-17-9-12-35-13-10-17/h2-4,6-7,16-17,19,22H,5,8-15H2,1H3/t16-,19+/m0/s1. The van der Waals surface area contributed by atoms with Crippen molar-refractivity contribution in [1.82, 2.24) is 14.5 Å². The summed E-state index contributed by atoms with van der Waals surface area (Å²) in [5, 5.41) is 0.502. The van der Waals surface area contributed by atoms with Crippen LogP contribution in [0.25, 0.3) is 10.3 Å². The number of hydrogen-bond acceptors (Lipinski definition) is 7. The largest absolute Gasteiger partial charge is 0.381 e. The number of aromatic nitrogens is 3. The third kappa shape index (κ3) is 5.06. The monoisotopic (exact) mass is 516 g/mol. The zero-order valence-electron chi connectivity index (χ0n) is 20.2. The zero-order chi connectivity index (χ0) is 25.2. The number of alkyl halides is 2. The number of hydrogen-bond donors (Lipinski definition) is 0. The van der Waals surface area contributed by atoms with Gasteiger partial charge in [-0.25, -0.2) is 18.7 Å². The molecule has 0 N–H and O–H groups in total. The van der Waals surface area contributed by atoms with Crippen molar-refractivity contribution in [2.24, 2.45) is 5.92 Å². The van der Waals surface area contributed by atoms with Crippen LogP contribution in [0.2, 0.25) is 0 Å². The quantitative estimate of drug-likeness (QED) is 0.422. The van der Waals surface area contributed by atoms with Gasteiger partial charge in [0.1, 0.15) is 0 Å². The minimum atomic E-state index is -2.87. The third-order valence-electron chi connectivity index (χ3n) is 7.26. The predicted molar refractivity (Wildman–Crippen MR) is 135 cm³/mol. The predicted octanol–water partition coefficient (Wildman–Crippen LogP) is 4.95. The van der Waals surface area contributed by atoms with Gasteiger partial charge in [0.15, 0.2) is 27.1 Å². The van der Waals surface area contributed by atoms with Gasteiger partial charge in [0.05, 0.1) is 6.04 Å². The van der Waals surface area contributed by atoms with Gasteiger partial charge in [0, 0.05) is 32.7 Å². The molecule has 2 atom stereocenters. The number of ketones is 1. The highest BCUT2D eigenvalue weighted by Crippen LogP contribution is 2.34. The number of carbonyl (C=O) groups is 1. The highest BCUT2D eigenvalue weighted by atomic mass is 32.1. The van der Waals surface area contributed by atoms with E-state index in [4.69, 9.17) is 4.74 Å². The topological polar surface area (TPSA) is 77.3 Å². The summed E-state index contributed by atoms with van der Waals surface area (Å²) in [7, 11) is 0. The van der Waals surface area contributed by atoms with Crippen LogP contribution in [-0.2, 0) is 16.1 Å². The Morgan fingerprint density at radius 2 is 1.92 bits per heavy atom. The van der Waals surface area contributed by atoms with E-state index in [0.29, 0.717) is 50.6 Å². The molecule has 4 heterocycles. The Labute approximate surface area is 212 Å². The average molecular weight is 517 g/mol. The number of thiazole rings is 1. The molecule has 0 amide bonds. The van der Waals surface area contributed by atoms with Crippen LogP contribution < -0.4 is 10.5 Å². The van der Waals surface area contributed by atoms with Crippen molar-refractivity contribution < 1.29 is 18.3 Å². The summed E-state index contributed by atoms with van der Waals surface area (Å²) in [6.07, 6.45) is 0.508. The van der Waals surface area contributed by atoms with E-state index in [0.717, 1.165) is 27.9 Å². The zero-order valence-corrected chi connectivity index (χ0v) is 21.1. The molecule has 0 radical (unpaired) electrons. The van der Waals surface area contributed by atoms with Gasteiger partial charge in [-0.3, -0.25) is 14.2 Å². The number of halogens is 2. The van der Waals surface area contributed by atoms with Crippen LogP contribution >= 0.6 is 11.3 Å². The molecule has 0 unspecified atom stereocenters. The van der Waals surface area contributed by atoms with Gasteiger partial charge in [-0.05, 0) is 43.1 Å². The molecule has 0 aliphatic carbocycles. The van der Waals surface area contributed by atoms with Crippen LogP contribution in [-0.4, -0.2) is 46.1 Å². The van der Waals surface area contributed by atoms with Gasteiger partial charge in [0.25, 0.3) is 12.0 Å². The molecule has 7 nitrogen and oxygen atoms in total. The number of nitrogens with zero attached hydrogens (tertiary/aromatic N) is 4. The van der Waals surface area contributed by atoms with Crippen molar-refractivity contribution in [3.63, 3.8) is 0 Å². The molecule has 3 aromatic rings. The van der Waals surface area contributed by atoms with Crippen LogP contribution in [0.15, 0.2) is 35.1 Å². The van der Waals surface area contributed by atoms with Crippen LogP contribution in [0, 0.1) is 5.92 Å². The first kappa shape index (κ1) is 25.0. The summed E-state index contributed by atoms with van der Waals surface area (Å²) < 4.78 is 34.3. The van der Waals surface area contributed by atoms with Gasteiger partial charge in [-0.2, -0.15) is 0 Å². The van der Waals surface area contributed by atoms with Crippen LogP contribution in [0.4, 0.5) is 13.9 Å². The molecular weight excluding hydrogens is 486 g/mol. The fourth-order valence-electron chi connectivity index (χ4n) is 5.23. The van der Waals surface area contributed by atoms with Gasteiger partial charge >= 0.3 is 0 Å². The van der Waals surface area contributed by atoms with Gasteiger partial charge in [0.2, 0.25) is 0 Å². The van der Waals surface area contributed by atoms with Crippen molar-refractivity contribution >= 4 is 32.6 Å². The van der Waals surface area contributed by atoms with E-state index in [1.165, 1.54) is 0 Å². The van der Waals surface area contributed by atoms with E-state index in [1.807, 2.05) is 42.2 Å². The van der Waals surface area contributed by atoms with Gasteiger partial charge in [-0.1, -0.05) is 48.6 Å². The average Bonchev–Trinajstić information content (AvgIpc) is 3.54. The molecular formula is C26H30F2N4O3S. The second-order valence-electron chi connectivity index (χ2n) is 9.73. The van der Waals surface area contributed by atoms with Crippen molar-refractivity contribution in [3.8, 4) is 0 Å². The number of rotatable bonds is 8. The first-order chi connectivity index (χ1) is 17.4. The number of anilines is 1. The second-order valence-corrected chi connectivity index (χ2v) is 10.7. The fourth-order valence-corrected chi connectivity index (χ4v) is 6.25. The van der Waals surface area contributed by atoms with Gasteiger partial charge in [-0.15, -0.1) is 0 Å². The Balaban J connectivity index is 1.41. The van der Waals surface area contributed by atoms with Crippen molar-refractivity contribution in [2.45, 2.75) is 64.0 Å². The minimum absolute atomic E-state index is 0.0819. The lowest BCUT2D eigenvalue weighted by Crippen LogP contribution is -2.36. The summed E-state index contributed by atoms with van der Waals surface area (Å²) in [5.74, 6) is -0.219. The molecule has 0 bridgehead atoms. The smallest absolute Gasteiger partial charge is 0.295 e. The van der Waals surface area contributed by atoms with Crippen LogP contribution in [0.3, 0.4) is 0 Å². The number of benzene rings is 1. The van der Waals surface area contributed by atoms with E-state index < -0.39 is 17.8 Å². The Morgan fingerprint density at radius 1 is 1.17 bits per heavy atom. The second kappa shape index (κ2) is 10.7. The first-order valence-corrected chi connectivity index (χ1v) is 13.4. The number of ether oxygens (including phenoxy) is 1. The summed E-state index contributed by atoms with van der Waals surface area (Å²) in [5.41, 5.74) is 0.676. The number of fused-ring (bicyclic) bond motifs is 1. The first-order valence-electron chi connectivity index (χ1n) is 12.5. The maximum atomic E-state index is 13.9. The Hall–Kier alpha value is -2.72. The molecule has 2 aliphatic heterocycles. The van der Waals surface area contributed by atoms with E-state index in [2.05, 4.69) is 9.97 Å². The third-order valence-corrected chi connectivity index (χ3v) is 8.25. The fraction of sp³-hybridized carbons (Fsp3) is 0.538. The molecule has 192 valence electrons. The molecule has 5 rings (SSSR count). The summed E-state index contributed by atoms with van der Waals surface area (Å²) in [6.45, 7) is 3.98. The van der Waals surface area contributed by atoms with Crippen molar-refractivity contribution in [2.75, 3.05) is 24.7 Å². The molecule has 2 fully saturated rings. The Kier molecular flexibility index (Phi) is 7.43. The van der Waals surface area contributed by atoms with E-state index in [9.17, 15) is 18.4 Å². The van der Waals surface area contributed by atoms with E-state index >= 15 is 0 Å². The summed E-state index contributed by atoms with van der Waals surface area (Å²) in [6, 6.07) is 9.60. The Bertz CT molecular complexity index is 1270. The molecule has 36 heavy (non-hydrogen) atoms. The molecule has 0 saturated carbocycles. The molecule has 2 saturated heterocycles. The normalized spacial score (nSPS) is 19.9. The number of Topliss-reactive ketones (excluding diaryl/α,β-unsaturated/α-hetero) is 1. The minimum Gasteiger partial charge on any atom is -0.381 e. The lowest BCUT2D eigenvalue weighted by Gasteiger charge is -2.24. The van der Waals surface area contributed by atoms with Crippen LogP contribution in [0.5, 0.6) is 0 Å². The highest BCUT2D eigenvalue weighted by Gasteiger charge is 2.34. The highest BCUT2D eigenvalue weighted by molar-refractivity contribution is 7.21. The van der Waals surface area contributed by atoms with Crippen LogP contribution in [0.1, 0.15) is 62.8 Å². The summed E-state index contributed by atoms with van der Waals surface area (Å²) >= 11 is 1.12. The molecule has 2 aromatic heterocycles. The summed E-state index contributed by atoms with van der Waals surface area (Å²) in [4.78, 5) is 37.4. The number of carbonyl (C=O) groups excluding carboxylic acids is 1. The van der Waals surface area contributed by atoms with Crippen molar-refractivity contribution in [1.29, 1.82) is 0 Å². The van der Waals surface area contributed by atoms with E-state index in [1.54, 1.807) is 0 Å².